The largest absolute Gasteiger partial charge is 0.487 e. The van der Waals surface area contributed by atoms with Gasteiger partial charge in [0.05, 0.1) is 16.4 Å². The summed E-state index contributed by atoms with van der Waals surface area (Å²) in [4.78, 5) is 10.7. The fourth-order valence-corrected chi connectivity index (χ4v) is 2.03. The van der Waals surface area contributed by atoms with Crippen LogP contribution in [0.3, 0.4) is 0 Å². The summed E-state index contributed by atoms with van der Waals surface area (Å²) in [6.45, 7) is 4.93. The van der Waals surface area contributed by atoms with Gasteiger partial charge in [-0.25, -0.2) is 0 Å². The van der Waals surface area contributed by atoms with Gasteiger partial charge in [0.2, 0.25) is 0 Å². The molecule has 0 fully saturated rings. The Morgan fingerprint density at radius 1 is 1.47 bits per heavy atom. The van der Waals surface area contributed by atoms with Crippen molar-refractivity contribution in [2.75, 3.05) is 0 Å². The van der Waals surface area contributed by atoms with Crippen molar-refractivity contribution in [2.24, 2.45) is 0 Å². The zero-order valence-electron chi connectivity index (χ0n) is 10.9. The highest BCUT2D eigenvalue weighted by molar-refractivity contribution is 6.31. The van der Waals surface area contributed by atoms with E-state index in [2.05, 4.69) is 5.10 Å². The van der Waals surface area contributed by atoms with E-state index in [4.69, 9.17) is 16.3 Å². The monoisotopic (exact) mass is 278 g/mol. The molecule has 0 aliphatic carbocycles. The Labute approximate surface area is 116 Å². The van der Waals surface area contributed by atoms with Crippen LogP contribution in [0.5, 0.6) is 5.75 Å². The molecule has 0 saturated heterocycles. The summed E-state index contributed by atoms with van der Waals surface area (Å²) < 4.78 is 7.49. The molecule has 1 aromatic heterocycles. The lowest BCUT2D eigenvalue weighted by molar-refractivity contribution is 0.112. The minimum atomic E-state index is 0.329. The molecule has 4 nitrogen and oxygen atoms in total. The number of carbonyl (C=O) groups excluding carboxylic acids is 1. The van der Waals surface area contributed by atoms with E-state index in [9.17, 15) is 4.79 Å². The van der Waals surface area contributed by atoms with E-state index in [0.717, 1.165) is 24.2 Å². The number of benzene rings is 1. The van der Waals surface area contributed by atoms with E-state index in [-0.39, 0.29) is 0 Å². The Kier molecular flexibility index (Phi) is 4.22. The summed E-state index contributed by atoms with van der Waals surface area (Å²) in [6, 6.07) is 7.01. The topological polar surface area (TPSA) is 44.1 Å². The number of aromatic nitrogens is 2. The molecule has 1 aromatic carbocycles. The van der Waals surface area contributed by atoms with Crippen molar-refractivity contribution in [1.29, 1.82) is 0 Å². The standard InChI is InChI=1S/C14H15ClN2O2/c1-3-17-13(14(15)10(2)16-17)9-19-12-6-4-5-11(7-12)8-18/h4-8H,3,9H2,1-2H3. The number of hydrogen-bond donors (Lipinski definition) is 0. The summed E-state index contributed by atoms with van der Waals surface area (Å²) in [5, 5.41) is 4.96. The number of nitrogens with zero attached hydrogens (tertiary/aromatic N) is 2. The van der Waals surface area contributed by atoms with E-state index in [0.29, 0.717) is 22.9 Å². The molecule has 0 atom stereocenters. The number of aryl methyl sites for hydroxylation is 2. The number of halogens is 1. The van der Waals surface area contributed by atoms with E-state index in [1.165, 1.54) is 0 Å². The molecule has 0 aliphatic rings. The Morgan fingerprint density at radius 3 is 2.95 bits per heavy atom. The average molecular weight is 279 g/mol. The Hall–Kier alpha value is -1.81. The summed E-state index contributed by atoms with van der Waals surface area (Å²) in [5.41, 5.74) is 2.23. The summed E-state index contributed by atoms with van der Waals surface area (Å²) in [6.07, 6.45) is 0.792. The van der Waals surface area contributed by atoms with Gasteiger partial charge < -0.3 is 4.74 Å². The maximum Gasteiger partial charge on any atom is 0.150 e. The van der Waals surface area contributed by atoms with Crippen LogP contribution in [0.1, 0.15) is 28.7 Å². The van der Waals surface area contributed by atoms with Gasteiger partial charge in [0.1, 0.15) is 18.6 Å². The van der Waals surface area contributed by atoms with Gasteiger partial charge in [0.15, 0.2) is 0 Å². The van der Waals surface area contributed by atoms with Crippen LogP contribution in [0.15, 0.2) is 24.3 Å². The minimum Gasteiger partial charge on any atom is -0.487 e. The molecule has 0 unspecified atom stereocenters. The third kappa shape index (κ3) is 2.96. The van der Waals surface area contributed by atoms with Crippen molar-refractivity contribution in [1.82, 2.24) is 9.78 Å². The van der Waals surface area contributed by atoms with Crippen molar-refractivity contribution in [3.63, 3.8) is 0 Å². The first-order valence-electron chi connectivity index (χ1n) is 6.05. The zero-order chi connectivity index (χ0) is 13.8. The second-order valence-electron chi connectivity index (χ2n) is 4.14. The van der Waals surface area contributed by atoms with E-state index in [1.807, 2.05) is 18.5 Å². The van der Waals surface area contributed by atoms with Crippen LogP contribution in [0.2, 0.25) is 5.02 Å². The van der Waals surface area contributed by atoms with Crippen LogP contribution in [-0.4, -0.2) is 16.1 Å². The Balaban J connectivity index is 2.16. The first-order valence-corrected chi connectivity index (χ1v) is 6.43. The van der Waals surface area contributed by atoms with E-state index >= 15 is 0 Å². The van der Waals surface area contributed by atoms with Gasteiger partial charge in [-0.1, -0.05) is 23.7 Å². The van der Waals surface area contributed by atoms with Crippen LogP contribution < -0.4 is 4.74 Å². The van der Waals surface area contributed by atoms with Crippen LogP contribution in [0.4, 0.5) is 0 Å². The van der Waals surface area contributed by atoms with Crippen LogP contribution in [0.25, 0.3) is 0 Å². The third-order valence-corrected chi connectivity index (χ3v) is 3.31. The SMILES string of the molecule is CCn1nc(C)c(Cl)c1COc1cccc(C=O)c1. The second kappa shape index (κ2) is 5.89. The molecular formula is C14H15ClN2O2. The van der Waals surface area contributed by atoms with Crippen molar-refractivity contribution in [3.8, 4) is 5.75 Å². The third-order valence-electron chi connectivity index (χ3n) is 2.82. The van der Waals surface area contributed by atoms with Crippen molar-refractivity contribution in [2.45, 2.75) is 27.0 Å². The zero-order valence-corrected chi connectivity index (χ0v) is 11.6. The lowest BCUT2D eigenvalue weighted by Gasteiger charge is -2.08. The molecule has 1 heterocycles. The van der Waals surface area contributed by atoms with Gasteiger partial charge in [-0.3, -0.25) is 9.48 Å². The molecule has 100 valence electrons. The maximum absolute atomic E-state index is 10.7. The van der Waals surface area contributed by atoms with Crippen molar-refractivity contribution >= 4 is 17.9 Å². The predicted molar refractivity (Wildman–Crippen MR) is 73.8 cm³/mol. The summed E-state index contributed by atoms with van der Waals surface area (Å²) in [5.74, 6) is 0.641. The molecule has 5 heteroatoms. The smallest absolute Gasteiger partial charge is 0.150 e. The lowest BCUT2D eigenvalue weighted by atomic mass is 10.2. The molecule has 0 N–H and O–H groups in total. The molecule has 19 heavy (non-hydrogen) atoms. The fraction of sp³-hybridized carbons (Fsp3) is 0.286. The molecule has 0 saturated carbocycles. The minimum absolute atomic E-state index is 0.329. The quantitative estimate of drug-likeness (QED) is 0.789. The average Bonchev–Trinajstić information content (AvgIpc) is 2.72. The van der Waals surface area contributed by atoms with E-state index < -0.39 is 0 Å². The first kappa shape index (κ1) is 13.6. The number of hydrogen-bond acceptors (Lipinski definition) is 3. The summed E-state index contributed by atoms with van der Waals surface area (Å²) >= 11 is 6.20. The Bertz CT molecular complexity index is 593. The number of aldehydes is 1. The number of rotatable bonds is 5. The molecule has 0 bridgehead atoms. The van der Waals surface area contributed by atoms with Gasteiger partial charge >= 0.3 is 0 Å². The molecule has 0 amide bonds. The van der Waals surface area contributed by atoms with E-state index in [1.54, 1.807) is 24.3 Å². The highest BCUT2D eigenvalue weighted by Gasteiger charge is 2.12. The van der Waals surface area contributed by atoms with Gasteiger partial charge in [0.25, 0.3) is 0 Å². The van der Waals surface area contributed by atoms with Crippen molar-refractivity contribution < 1.29 is 9.53 Å². The summed E-state index contributed by atoms with van der Waals surface area (Å²) in [7, 11) is 0. The molecule has 0 spiro atoms. The molecule has 0 radical (unpaired) electrons. The first-order chi connectivity index (χ1) is 9.15. The molecule has 0 aliphatic heterocycles. The van der Waals surface area contributed by atoms with Gasteiger partial charge in [0, 0.05) is 12.1 Å². The van der Waals surface area contributed by atoms with Gasteiger partial charge in [-0.05, 0) is 26.0 Å². The van der Waals surface area contributed by atoms with Gasteiger partial charge in [-0.2, -0.15) is 5.10 Å². The van der Waals surface area contributed by atoms with Crippen LogP contribution >= 0.6 is 11.6 Å². The molecule has 2 rings (SSSR count). The van der Waals surface area contributed by atoms with Crippen LogP contribution in [0, 0.1) is 6.92 Å². The number of carbonyl (C=O) groups is 1. The lowest BCUT2D eigenvalue weighted by Crippen LogP contribution is -2.06. The van der Waals surface area contributed by atoms with Gasteiger partial charge in [-0.15, -0.1) is 0 Å². The fourth-order valence-electron chi connectivity index (χ4n) is 1.84. The predicted octanol–water partition coefficient (Wildman–Crippen LogP) is 3.26. The Morgan fingerprint density at radius 2 is 2.26 bits per heavy atom. The molecular weight excluding hydrogens is 264 g/mol. The molecule has 2 aromatic rings. The van der Waals surface area contributed by atoms with Crippen molar-refractivity contribution in [3.05, 3.63) is 46.2 Å². The second-order valence-corrected chi connectivity index (χ2v) is 4.52. The highest BCUT2D eigenvalue weighted by atomic mass is 35.5. The maximum atomic E-state index is 10.7. The van der Waals surface area contributed by atoms with Crippen LogP contribution in [-0.2, 0) is 13.2 Å². The normalized spacial score (nSPS) is 10.5. The highest BCUT2D eigenvalue weighted by Crippen LogP contribution is 2.22. The number of ether oxygens (including phenoxy) is 1.